The average Bonchev–Trinajstić information content (AvgIpc) is 2.66. The fourth-order valence-corrected chi connectivity index (χ4v) is 2.69. The number of benzene rings is 2. The first-order valence-corrected chi connectivity index (χ1v) is 7.98. The summed E-state index contributed by atoms with van der Waals surface area (Å²) in [6.07, 6.45) is 3.46. The topological polar surface area (TPSA) is 70.9 Å². The lowest BCUT2D eigenvalue weighted by molar-refractivity contribution is 0.474. The van der Waals surface area contributed by atoms with Crippen LogP contribution in [0.15, 0.2) is 73.1 Å². The molecule has 0 aliphatic carbocycles. The number of hydrogen-bond acceptors (Lipinski definition) is 5. The number of aromatic nitrogens is 3. The predicted molar refractivity (Wildman–Crippen MR) is 98.2 cm³/mol. The van der Waals surface area contributed by atoms with Gasteiger partial charge in [-0.2, -0.15) is 0 Å². The summed E-state index contributed by atoms with van der Waals surface area (Å²) >= 11 is 0. The van der Waals surface area contributed by atoms with Crippen LogP contribution in [0, 0.1) is 0 Å². The number of anilines is 1. The minimum atomic E-state index is 0.254. The maximum Gasteiger partial charge on any atom is 0.162 e. The number of phenols is 1. The molecule has 122 valence electrons. The molecule has 2 aromatic carbocycles. The van der Waals surface area contributed by atoms with Gasteiger partial charge in [0.05, 0.1) is 5.52 Å². The molecule has 0 unspecified atom stereocenters. The smallest absolute Gasteiger partial charge is 0.162 e. The normalized spacial score (nSPS) is 10.7. The van der Waals surface area contributed by atoms with Crippen molar-refractivity contribution in [3.8, 4) is 17.1 Å². The van der Waals surface area contributed by atoms with E-state index in [-0.39, 0.29) is 5.75 Å². The van der Waals surface area contributed by atoms with Crippen LogP contribution >= 0.6 is 0 Å². The SMILES string of the molecule is Oc1cccc(CNc2nc(-c3ccncc3)nc3ccccc23)c1. The Morgan fingerprint density at radius 2 is 1.72 bits per heavy atom. The Kier molecular flexibility index (Phi) is 3.96. The highest BCUT2D eigenvalue weighted by Gasteiger charge is 2.09. The molecule has 2 aromatic heterocycles. The summed E-state index contributed by atoms with van der Waals surface area (Å²) in [7, 11) is 0. The predicted octanol–water partition coefficient (Wildman–Crippen LogP) is 4.01. The van der Waals surface area contributed by atoms with E-state index in [0.29, 0.717) is 12.4 Å². The first kappa shape index (κ1) is 15.1. The van der Waals surface area contributed by atoms with Gasteiger partial charge < -0.3 is 10.4 Å². The Balaban J connectivity index is 1.73. The Hall–Kier alpha value is -3.47. The second-order valence-corrected chi connectivity index (χ2v) is 5.67. The van der Waals surface area contributed by atoms with Crippen molar-refractivity contribution in [2.24, 2.45) is 0 Å². The third-order valence-electron chi connectivity index (χ3n) is 3.91. The zero-order chi connectivity index (χ0) is 17.1. The Labute approximate surface area is 145 Å². The minimum absolute atomic E-state index is 0.254. The van der Waals surface area contributed by atoms with Crippen LogP contribution in [0.5, 0.6) is 5.75 Å². The van der Waals surface area contributed by atoms with Crippen LogP contribution in [0.3, 0.4) is 0 Å². The molecule has 5 nitrogen and oxygen atoms in total. The Bertz CT molecular complexity index is 1020. The van der Waals surface area contributed by atoms with Crippen LogP contribution in [0.4, 0.5) is 5.82 Å². The van der Waals surface area contributed by atoms with Gasteiger partial charge in [-0.3, -0.25) is 4.98 Å². The molecule has 0 amide bonds. The van der Waals surface area contributed by atoms with Crippen LogP contribution < -0.4 is 5.32 Å². The Morgan fingerprint density at radius 3 is 2.56 bits per heavy atom. The molecular weight excluding hydrogens is 312 g/mol. The largest absolute Gasteiger partial charge is 0.508 e. The van der Waals surface area contributed by atoms with Gasteiger partial charge in [0.15, 0.2) is 5.82 Å². The lowest BCUT2D eigenvalue weighted by atomic mass is 10.2. The van der Waals surface area contributed by atoms with Crippen molar-refractivity contribution in [2.75, 3.05) is 5.32 Å². The van der Waals surface area contributed by atoms with E-state index < -0.39 is 0 Å². The lowest BCUT2D eigenvalue weighted by Crippen LogP contribution is -2.04. The first-order valence-electron chi connectivity index (χ1n) is 7.98. The molecule has 0 aliphatic rings. The molecule has 0 aliphatic heterocycles. The van der Waals surface area contributed by atoms with Crippen LogP contribution in [0.1, 0.15) is 5.56 Å². The van der Waals surface area contributed by atoms with E-state index >= 15 is 0 Å². The quantitative estimate of drug-likeness (QED) is 0.592. The number of nitrogens with zero attached hydrogens (tertiary/aromatic N) is 3. The molecule has 5 heteroatoms. The third kappa shape index (κ3) is 3.26. The number of hydrogen-bond donors (Lipinski definition) is 2. The van der Waals surface area contributed by atoms with Gasteiger partial charge in [0, 0.05) is 29.9 Å². The highest BCUT2D eigenvalue weighted by atomic mass is 16.3. The molecule has 0 atom stereocenters. The van der Waals surface area contributed by atoms with Gasteiger partial charge in [-0.25, -0.2) is 9.97 Å². The highest BCUT2D eigenvalue weighted by Crippen LogP contribution is 2.25. The second kappa shape index (κ2) is 6.57. The number of pyridine rings is 1. The summed E-state index contributed by atoms with van der Waals surface area (Å²) in [6, 6.07) is 18.9. The van der Waals surface area contributed by atoms with Crippen molar-refractivity contribution in [1.82, 2.24) is 15.0 Å². The van der Waals surface area contributed by atoms with E-state index in [4.69, 9.17) is 4.98 Å². The molecule has 25 heavy (non-hydrogen) atoms. The second-order valence-electron chi connectivity index (χ2n) is 5.67. The molecule has 0 spiro atoms. The van der Waals surface area contributed by atoms with E-state index in [1.54, 1.807) is 24.5 Å². The number of aromatic hydroxyl groups is 1. The maximum absolute atomic E-state index is 9.62. The summed E-state index contributed by atoms with van der Waals surface area (Å²) < 4.78 is 0. The van der Waals surface area contributed by atoms with Crippen molar-refractivity contribution in [2.45, 2.75) is 6.54 Å². The summed E-state index contributed by atoms with van der Waals surface area (Å²) in [6.45, 7) is 0.561. The zero-order valence-electron chi connectivity index (χ0n) is 13.4. The maximum atomic E-state index is 9.62. The lowest BCUT2D eigenvalue weighted by Gasteiger charge is -2.11. The van der Waals surface area contributed by atoms with Crippen molar-refractivity contribution >= 4 is 16.7 Å². The minimum Gasteiger partial charge on any atom is -0.508 e. The summed E-state index contributed by atoms with van der Waals surface area (Å²) in [5.74, 6) is 1.67. The van der Waals surface area contributed by atoms with E-state index in [0.717, 1.165) is 27.8 Å². The summed E-state index contributed by atoms with van der Waals surface area (Å²) in [5.41, 5.74) is 2.78. The van der Waals surface area contributed by atoms with Crippen molar-refractivity contribution in [3.05, 3.63) is 78.6 Å². The van der Waals surface area contributed by atoms with Gasteiger partial charge in [-0.05, 0) is 42.0 Å². The number of fused-ring (bicyclic) bond motifs is 1. The molecule has 4 rings (SSSR count). The van der Waals surface area contributed by atoms with Crippen molar-refractivity contribution in [3.63, 3.8) is 0 Å². The highest BCUT2D eigenvalue weighted by molar-refractivity contribution is 5.90. The van der Waals surface area contributed by atoms with Crippen LogP contribution in [0.25, 0.3) is 22.3 Å². The van der Waals surface area contributed by atoms with E-state index in [2.05, 4.69) is 15.3 Å². The Morgan fingerprint density at radius 1 is 0.880 bits per heavy atom. The fraction of sp³-hybridized carbons (Fsp3) is 0.0500. The van der Waals surface area contributed by atoms with E-state index in [1.165, 1.54) is 0 Å². The van der Waals surface area contributed by atoms with Gasteiger partial charge in [-0.15, -0.1) is 0 Å². The molecule has 0 radical (unpaired) electrons. The molecule has 2 heterocycles. The van der Waals surface area contributed by atoms with Gasteiger partial charge in [0.1, 0.15) is 11.6 Å². The van der Waals surface area contributed by atoms with Crippen LogP contribution in [-0.2, 0) is 6.54 Å². The van der Waals surface area contributed by atoms with Gasteiger partial charge >= 0.3 is 0 Å². The van der Waals surface area contributed by atoms with Crippen LogP contribution in [0.2, 0.25) is 0 Å². The first-order chi connectivity index (χ1) is 12.3. The van der Waals surface area contributed by atoms with E-state index in [1.807, 2.05) is 48.5 Å². The fourth-order valence-electron chi connectivity index (χ4n) is 2.69. The molecule has 0 fully saturated rings. The molecule has 4 aromatic rings. The molecule has 2 N–H and O–H groups in total. The number of para-hydroxylation sites is 1. The van der Waals surface area contributed by atoms with Gasteiger partial charge in [-0.1, -0.05) is 24.3 Å². The third-order valence-corrected chi connectivity index (χ3v) is 3.91. The molecule has 0 bridgehead atoms. The van der Waals surface area contributed by atoms with Crippen molar-refractivity contribution in [1.29, 1.82) is 0 Å². The monoisotopic (exact) mass is 328 g/mol. The standard InChI is InChI=1S/C20H16N4O/c25-16-5-3-4-14(12-16)13-22-20-17-6-1-2-7-18(17)23-19(24-20)15-8-10-21-11-9-15/h1-12,25H,13H2,(H,22,23,24). The van der Waals surface area contributed by atoms with E-state index in [9.17, 15) is 5.11 Å². The van der Waals surface area contributed by atoms with Crippen molar-refractivity contribution < 1.29 is 5.11 Å². The van der Waals surface area contributed by atoms with Crippen LogP contribution in [-0.4, -0.2) is 20.1 Å². The summed E-state index contributed by atoms with van der Waals surface area (Å²) in [4.78, 5) is 13.4. The number of phenolic OH excluding ortho intramolecular Hbond substituents is 1. The molecule has 0 saturated heterocycles. The molecule has 0 saturated carbocycles. The average molecular weight is 328 g/mol. The summed E-state index contributed by atoms with van der Waals surface area (Å²) in [5, 5.41) is 13.9. The zero-order valence-corrected chi connectivity index (χ0v) is 13.4. The van der Waals surface area contributed by atoms with Gasteiger partial charge in [0.25, 0.3) is 0 Å². The number of nitrogens with one attached hydrogen (secondary N) is 1. The molecular formula is C20H16N4O. The number of rotatable bonds is 4. The van der Waals surface area contributed by atoms with Gasteiger partial charge in [0.2, 0.25) is 0 Å².